The van der Waals surface area contributed by atoms with Gasteiger partial charge in [-0.15, -0.1) is 0 Å². The lowest BCUT2D eigenvalue weighted by molar-refractivity contribution is -0.209. The first kappa shape index (κ1) is 9.44. The molecule has 2 fully saturated rings. The predicted octanol–water partition coefficient (Wildman–Crippen LogP) is 1.91. The van der Waals surface area contributed by atoms with Crippen LogP contribution in [0.5, 0.6) is 0 Å². The van der Waals surface area contributed by atoms with Crippen LogP contribution in [0.1, 0.15) is 34.1 Å². The van der Waals surface area contributed by atoms with Crippen molar-refractivity contribution in [3.63, 3.8) is 0 Å². The Morgan fingerprint density at radius 3 is 2.46 bits per heavy atom. The summed E-state index contributed by atoms with van der Waals surface area (Å²) in [5, 5.41) is 0. The molecule has 4 atom stereocenters. The van der Waals surface area contributed by atoms with E-state index in [2.05, 4.69) is 13.8 Å². The summed E-state index contributed by atoms with van der Waals surface area (Å²) in [5.74, 6) is -0.0285. The van der Waals surface area contributed by atoms with Gasteiger partial charge in [0.1, 0.15) is 6.10 Å². The Morgan fingerprint density at radius 1 is 1.23 bits per heavy atom. The lowest BCUT2D eigenvalue weighted by Gasteiger charge is -2.22. The van der Waals surface area contributed by atoms with Gasteiger partial charge in [-0.05, 0) is 20.3 Å². The maximum absolute atomic E-state index is 5.77. The average Bonchev–Trinajstić information content (AvgIpc) is 2.47. The second kappa shape index (κ2) is 2.94. The molecule has 0 saturated carbocycles. The minimum absolute atomic E-state index is 0.125. The molecule has 0 aromatic heterocycles. The van der Waals surface area contributed by atoms with Gasteiger partial charge in [-0.3, -0.25) is 0 Å². The first-order valence-corrected chi connectivity index (χ1v) is 5.04. The average molecular weight is 186 g/mol. The topological polar surface area (TPSA) is 27.7 Å². The first-order valence-electron chi connectivity index (χ1n) is 5.04. The Bertz CT molecular complexity index is 202. The molecule has 0 aromatic rings. The quantitative estimate of drug-likeness (QED) is 0.626. The van der Waals surface area contributed by atoms with E-state index in [-0.39, 0.29) is 12.4 Å². The van der Waals surface area contributed by atoms with Crippen molar-refractivity contribution >= 4 is 0 Å². The fourth-order valence-electron chi connectivity index (χ4n) is 2.19. The van der Waals surface area contributed by atoms with Crippen molar-refractivity contribution < 1.29 is 14.2 Å². The second-order valence-corrected chi connectivity index (χ2v) is 4.41. The molecule has 0 N–H and O–H groups in total. The molecule has 13 heavy (non-hydrogen) atoms. The molecule has 0 bridgehead atoms. The fourth-order valence-corrected chi connectivity index (χ4v) is 2.19. The summed E-state index contributed by atoms with van der Waals surface area (Å²) in [6.45, 7) is 8.17. The Balaban J connectivity index is 2.07. The molecule has 0 aliphatic carbocycles. The van der Waals surface area contributed by atoms with Gasteiger partial charge in [0.05, 0.1) is 6.10 Å². The second-order valence-electron chi connectivity index (χ2n) is 4.41. The van der Waals surface area contributed by atoms with Crippen molar-refractivity contribution in [3.05, 3.63) is 0 Å². The summed E-state index contributed by atoms with van der Waals surface area (Å²) in [7, 11) is 0. The molecule has 3 heteroatoms. The summed E-state index contributed by atoms with van der Waals surface area (Å²) in [6, 6.07) is 0. The van der Waals surface area contributed by atoms with Gasteiger partial charge in [-0.1, -0.05) is 13.8 Å². The zero-order valence-electron chi connectivity index (χ0n) is 8.74. The van der Waals surface area contributed by atoms with Crippen LogP contribution in [-0.2, 0) is 14.2 Å². The third-order valence-electron chi connectivity index (χ3n) is 2.90. The molecule has 0 amide bonds. The van der Waals surface area contributed by atoms with E-state index >= 15 is 0 Å². The molecule has 2 aliphatic heterocycles. The van der Waals surface area contributed by atoms with Gasteiger partial charge in [0.2, 0.25) is 0 Å². The molecular formula is C10H18O3. The van der Waals surface area contributed by atoms with Crippen molar-refractivity contribution in [2.75, 3.05) is 0 Å². The van der Waals surface area contributed by atoms with E-state index < -0.39 is 5.79 Å². The van der Waals surface area contributed by atoms with Crippen LogP contribution in [0.4, 0.5) is 0 Å². The lowest BCUT2D eigenvalue weighted by atomic mass is 9.99. The standard InChI is InChI=1S/C10H18O3/c1-5-7-6(2)8-9(11-7)13-10(3,4)12-8/h6-9H,5H2,1-4H3/t6-,7+,8+,9+/m0/s1. The highest BCUT2D eigenvalue weighted by atomic mass is 16.8. The highest BCUT2D eigenvalue weighted by Gasteiger charge is 2.52. The van der Waals surface area contributed by atoms with Crippen molar-refractivity contribution in [2.45, 2.75) is 58.4 Å². The molecule has 0 unspecified atom stereocenters. The Morgan fingerprint density at radius 2 is 1.92 bits per heavy atom. The smallest absolute Gasteiger partial charge is 0.187 e. The Labute approximate surface area is 79.4 Å². The van der Waals surface area contributed by atoms with Crippen LogP contribution in [0.15, 0.2) is 0 Å². The monoisotopic (exact) mass is 186 g/mol. The van der Waals surface area contributed by atoms with Crippen molar-refractivity contribution in [3.8, 4) is 0 Å². The highest BCUT2D eigenvalue weighted by molar-refractivity contribution is 4.89. The molecule has 0 spiro atoms. The van der Waals surface area contributed by atoms with E-state index in [1.54, 1.807) is 0 Å². The van der Waals surface area contributed by atoms with Crippen LogP contribution in [0.25, 0.3) is 0 Å². The SMILES string of the molecule is CC[C@H]1O[C@@H]2OC(C)(C)O[C@@H]2[C@H]1C. The summed E-state index contributed by atoms with van der Waals surface area (Å²) >= 11 is 0. The molecule has 0 aromatic carbocycles. The van der Waals surface area contributed by atoms with Gasteiger partial charge in [0.15, 0.2) is 12.1 Å². The van der Waals surface area contributed by atoms with Gasteiger partial charge in [0.25, 0.3) is 0 Å². The zero-order chi connectivity index (χ0) is 9.64. The molecule has 3 nitrogen and oxygen atoms in total. The maximum atomic E-state index is 5.77. The highest BCUT2D eigenvalue weighted by Crippen LogP contribution is 2.41. The number of hydrogen-bond donors (Lipinski definition) is 0. The van der Waals surface area contributed by atoms with Crippen LogP contribution in [0.2, 0.25) is 0 Å². The summed E-state index contributed by atoms with van der Waals surface area (Å²) in [5.41, 5.74) is 0. The molecule has 2 saturated heterocycles. The molecule has 2 aliphatic rings. The van der Waals surface area contributed by atoms with Crippen molar-refractivity contribution in [1.29, 1.82) is 0 Å². The van der Waals surface area contributed by atoms with Crippen LogP contribution >= 0.6 is 0 Å². The van der Waals surface area contributed by atoms with E-state index in [1.807, 2.05) is 13.8 Å². The largest absolute Gasteiger partial charge is 0.346 e. The number of hydrogen-bond acceptors (Lipinski definition) is 3. The number of ether oxygens (including phenoxy) is 3. The third-order valence-corrected chi connectivity index (χ3v) is 2.90. The molecule has 2 heterocycles. The predicted molar refractivity (Wildman–Crippen MR) is 48.2 cm³/mol. The molecule has 0 radical (unpaired) electrons. The van der Waals surface area contributed by atoms with Gasteiger partial charge in [-0.25, -0.2) is 0 Å². The zero-order valence-corrected chi connectivity index (χ0v) is 8.74. The van der Waals surface area contributed by atoms with E-state index in [0.29, 0.717) is 12.0 Å². The van der Waals surface area contributed by atoms with Gasteiger partial charge >= 0.3 is 0 Å². The van der Waals surface area contributed by atoms with Gasteiger partial charge < -0.3 is 14.2 Å². The molecular weight excluding hydrogens is 168 g/mol. The van der Waals surface area contributed by atoms with Crippen molar-refractivity contribution in [2.24, 2.45) is 5.92 Å². The summed E-state index contributed by atoms with van der Waals surface area (Å²) < 4.78 is 17.1. The van der Waals surface area contributed by atoms with E-state index in [1.165, 1.54) is 0 Å². The van der Waals surface area contributed by atoms with Crippen molar-refractivity contribution in [1.82, 2.24) is 0 Å². The summed E-state index contributed by atoms with van der Waals surface area (Å²) in [6.07, 6.45) is 1.31. The minimum atomic E-state index is -0.470. The van der Waals surface area contributed by atoms with Crippen LogP contribution in [0, 0.1) is 5.92 Å². The van der Waals surface area contributed by atoms with Crippen LogP contribution in [0.3, 0.4) is 0 Å². The molecule has 76 valence electrons. The maximum Gasteiger partial charge on any atom is 0.187 e. The van der Waals surface area contributed by atoms with E-state index in [4.69, 9.17) is 14.2 Å². The third kappa shape index (κ3) is 1.49. The Hall–Kier alpha value is -0.120. The normalized spacial score (nSPS) is 48.0. The lowest BCUT2D eigenvalue weighted by Crippen LogP contribution is -2.28. The molecule has 2 rings (SSSR count). The Kier molecular flexibility index (Phi) is 2.13. The van der Waals surface area contributed by atoms with Crippen LogP contribution < -0.4 is 0 Å². The summed E-state index contributed by atoms with van der Waals surface area (Å²) in [4.78, 5) is 0. The number of fused-ring (bicyclic) bond motifs is 1. The van der Waals surface area contributed by atoms with Gasteiger partial charge in [-0.2, -0.15) is 0 Å². The van der Waals surface area contributed by atoms with E-state index in [0.717, 1.165) is 6.42 Å². The fraction of sp³-hybridized carbons (Fsp3) is 1.00. The first-order chi connectivity index (χ1) is 6.03. The van der Waals surface area contributed by atoms with E-state index in [9.17, 15) is 0 Å². The van der Waals surface area contributed by atoms with Gasteiger partial charge in [0, 0.05) is 5.92 Å². The van der Waals surface area contributed by atoms with Crippen LogP contribution in [-0.4, -0.2) is 24.3 Å². The number of rotatable bonds is 1. The minimum Gasteiger partial charge on any atom is -0.346 e.